The lowest BCUT2D eigenvalue weighted by molar-refractivity contribution is -0.116. The summed E-state index contributed by atoms with van der Waals surface area (Å²) in [6.45, 7) is 5.30. The van der Waals surface area contributed by atoms with Crippen molar-refractivity contribution in [2.45, 2.75) is 42.0 Å². The summed E-state index contributed by atoms with van der Waals surface area (Å²) in [5.41, 5.74) is 2.69. The molecule has 0 N–H and O–H groups in total. The molecule has 0 bridgehead atoms. The molecule has 0 saturated carbocycles. The average molecular weight is 443 g/mol. The van der Waals surface area contributed by atoms with Gasteiger partial charge in [-0.3, -0.25) is 4.79 Å². The molecule has 2 aromatic rings. The summed E-state index contributed by atoms with van der Waals surface area (Å²) in [6.07, 6.45) is 5.71. The Hall–Kier alpha value is -2.09. The average Bonchev–Trinajstić information content (AvgIpc) is 3.06. The van der Waals surface area contributed by atoms with Crippen LogP contribution in [-0.4, -0.2) is 37.5 Å². The van der Waals surface area contributed by atoms with Crippen LogP contribution in [0.1, 0.15) is 36.8 Å². The predicted molar refractivity (Wildman–Crippen MR) is 122 cm³/mol. The third-order valence-corrected chi connectivity index (χ3v) is 8.57. The molecule has 4 rings (SSSR count). The van der Waals surface area contributed by atoms with Crippen molar-refractivity contribution in [2.24, 2.45) is 0 Å². The number of fused-ring (bicyclic) bond motifs is 1. The van der Waals surface area contributed by atoms with Crippen molar-refractivity contribution in [3.63, 3.8) is 0 Å². The molecule has 30 heavy (non-hydrogen) atoms. The van der Waals surface area contributed by atoms with E-state index in [1.54, 1.807) is 27.4 Å². The van der Waals surface area contributed by atoms with E-state index in [0.29, 0.717) is 31.1 Å². The molecule has 2 aliphatic heterocycles. The number of hydrogen-bond donors (Lipinski definition) is 0. The summed E-state index contributed by atoms with van der Waals surface area (Å²) in [5, 5.41) is 0. The zero-order chi connectivity index (χ0) is 21.1. The molecule has 2 heterocycles. The van der Waals surface area contributed by atoms with Crippen molar-refractivity contribution >= 4 is 39.5 Å². The number of sulfonamides is 1. The number of rotatable bonds is 5. The van der Waals surface area contributed by atoms with E-state index in [9.17, 15) is 13.2 Å². The molecule has 0 radical (unpaired) electrons. The number of anilines is 1. The van der Waals surface area contributed by atoms with Crippen LogP contribution in [0.2, 0.25) is 0 Å². The summed E-state index contributed by atoms with van der Waals surface area (Å²) in [7, 11) is -3.57. The van der Waals surface area contributed by atoms with Gasteiger partial charge in [0.1, 0.15) is 0 Å². The maximum Gasteiger partial charge on any atom is 0.243 e. The molecule has 0 unspecified atom stereocenters. The second kappa shape index (κ2) is 8.96. The minimum atomic E-state index is -3.57. The number of carbonyl (C=O) groups is 1. The van der Waals surface area contributed by atoms with Crippen molar-refractivity contribution in [3.05, 3.63) is 60.2 Å². The van der Waals surface area contributed by atoms with Crippen LogP contribution in [0.3, 0.4) is 0 Å². The van der Waals surface area contributed by atoms with Crippen molar-refractivity contribution in [1.82, 2.24) is 4.31 Å². The molecule has 0 aliphatic carbocycles. The first-order chi connectivity index (χ1) is 14.5. The second-order valence-corrected chi connectivity index (χ2v) is 10.6. The second-order valence-electron chi connectivity index (χ2n) is 7.66. The van der Waals surface area contributed by atoms with E-state index < -0.39 is 10.0 Å². The zero-order valence-electron chi connectivity index (χ0n) is 16.9. The highest BCUT2D eigenvalue weighted by Gasteiger charge is 2.30. The van der Waals surface area contributed by atoms with Crippen molar-refractivity contribution in [3.8, 4) is 0 Å². The Kier molecular flexibility index (Phi) is 6.32. The minimum Gasteiger partial charge on any atom is -0.306 e. The molecule has 2 aliphatic rings. The van der Waals surface area contributed by atoms with E-state index in [2.05, 4.69) is 6.58 Å². The SMILES string of the molecule is C=Cc1ccc(CN2C(=O)CSc3ccc(S(=O)(=O)N4CCCCCC4)cc32)cc1. The predicted octanol–water partition coefficient (Wildman–Crippen LogP) is 4.53. The van der Waals surface area contributed by atoms with Gasteiger partial charge in [0.05, 0.1) is 22.9 Å². The van der Waals surface area contributed by atoms with Gasteiger partial charge in [-0.1, -0.05) is 49.8 Å². The third-order valence-electron chi connectivity index (χ3n) is 5.63. The maximum atomic E-state index is 13.2. The van der Waals surface area contributed by atoms with Crippen LogP contribution in [0, 0.1) is 0 Å². The largest absolute Gasteiger partial charge is 0.306 e. The minimum absolute atomic E-state index is 0.00961. The number of hydrogen-bond acceptors (Lipinski definition) is 4. The van der Waals surface area contributed by atoms with Gasteiger partial charge in [-0.05, 0) is 42.2 Å². The first-order valence-electron chi connectivity index (χ1n) is 10.3. The van der Waals surface area contributed by atoms with Gasteiger partial charge in [-0.15, -0.1) is 11.8 Å². The Labute approximate surface area is 182 Å². The molecule has 1 fully saturated rings. The van der Waals surface area contributed by atoms with Gasteiger partial charge in [0, 0.05) is 18.0 Å². The number of nitrogens with zero attached hydrogens (tertiary/aromatic N) is 2. The fourth-order valence-corrected chi connectivity index (χ4v) is 6.34. The lowest BCUT2D eigenvalue weighted by Gasteiger charge is -2.30. The van der Waals surface area contributed by atoms with E-state index >= 15 is 0 Å². The molecule has 0 spiro atoms. The number of carbonyl (C=O) groups excluding carboxylic acids is 1. The Morgan fingerprint density at radius 1 is 1.00 bits per heavy atom. The third kappa shape index (κ3) is 4.33. The van der Waals surface area contributed by atoms with Gasteiger partial charge < -0.3 is 4.90 Å². The highest BCUT2D eigenvalue weighted by Crippen LogP contribution is 2.38. The molecule has 0 aromatic heterocycles. The summed E-state index contributed by atoms with van der Waals surface area (Å²) in [6, 6.07) is 13.1. The monoisotopic (exact) mass is 442 g/mol. The van der Waals surface area contributed by atoms with Crippen LogP contribution >= 0.6 is 11.8 Å². The van der Waals surface area contributed by atoms with Gasteiger partial charge in [0.2, 0.25) is 15.9 Å². The summed E-state index contributed by atoms with van der Waals surface area (Å²) >= 11 is 1.46. The molecular weight excluding hydrogens is 416 g/mol. The van der Waals surface area contributed by atoms with E-state index in [4.69, 9.17) is 0 Å². The van der Waals surface area contributed by atoms with Crippen molar-refractivity contribution in [1.29, 1.82) is 0 Å². The van der Waals surface area contributed by atoms with Gasteiger partial charge in [-0.25, -0.2) is 8.42 Å². The van der Waals surface area contributed by atoms with Gasteiger partial charge >= 0.3 is 0 Å². The lowest BCUT2D eigenvalue weighted by Crippen LogP contribution is -2.35. The van der Waals surface area contributed by atoms with E-state index in [1.165, 1.54) is 11.8 Å². The summed E-state index contributed by atoms with van der Waals surface area (Å²) in [4.78, 5) is 15.6. The molecule has 2 aromatic carbocycles. The fraction of sp³-hybridized carbons (Fsp3) is 0.348. The van der Waals surface area contributed by atoms with Gasteiger partial charge in [0.25, 0.3) is 0 Å². The van der Waals surface area contributed by atoms with Crippen LogP contribution in [0.25, 0.3) is 6.08 Å². The standard InChI is InChI=1S/C23H26N2O3S2/c1-2-18-7-9-19(10-8-18)16-25-21-15-20(11-12-22(21)29-17-23(25)26)30(27,28)24-13-5-3-4-6-14-24/h2,7-12,15H,1,3-6,13-14,16-17H2. The molecule has 158 valence electrons. The van der Waals surface area contributed by atoms with E-state index in [0.717, 1.165) is 41.7 Å². The molecule has 0 atom stereocenters. The van der Waals surface area contributed by atoms with E-state index in [-0.39, 0.29) is 10.8 Å². The molecule has 7 heteroatoms. The Morgan fingerprint density at radius 3 is 2.37 bits per heavy atom. The molecule has 5 nitrogen and oxygen atoms in total. The van der Waals surface area contributed by atoms with Crippen LogP contribution in [0.4, 0.5) is 5.69 Å². The van der Waals surface area contributed by atoms with Crippen LogP contribution in [-0.2, 0) is 21.4 Å². The summed E-state index contributed by atoms with van der Waals surface area (Å²) in [5.74, 6) is 0.347. The number of thioether (sulfide) groups is 1. The Balaban J connectivity index is 1.66. The zero-order valence-corrected chi connectivity index (χ0v) is 18.6. The topological polar surface area (TPSA) is 57.7 Å². The Bertz CT molecular complexity index is 1040. The van der Waals surface area contributed by atoms with Gasteiger partial charge in [-0.2, -0.15) is 4.31 Å². The molecule has 1 amide bonds. The number of benzene rings is 2. The van der Waals surface area contributed by atoms with Crippen molar-refractivity contribution < 1.29 is 13.2 Å². The fourth-order valence-electron chi connectivity index (χ4n) is 3.89. The van der Waals surface area contributed by atoms with Crippen molar-refractivity contribution in [2.75, 3.05) is 23.7 Å². The van der Waals surface area contributed by atoms with Crippen LogP contribution < -0.4 is 4.90 Å². The quantitative estimate of drug-likeness (QED) is 0.683. The van der Waals surface area contributed by atoms with E-state index in [1.807, 2.05) is 30.3 Å². The van der Waals surface area contributed by atoms with Crippen LogP contribution in [0.15, 0.2) is 58.8 Å². The maximum absolute atomic E-state index is 13.2. The Morgan fingerprint density at radius 2 is 1.70 bits per heavy atom. The molecule has 1 saturated heterocycles. The smallest absolute Gasteiger partial charge is 0.243 e. The molecular formula is C23H26N2O3S2. The number of amides is 1. The normalized spacial score (nSPS) is 18.0. The first kappa shape index (κ1) is 21.2. The highest BCUT2D eigenvalue weighted by molar-refractivity contribution is 8.00. The van der Waals surface area contributed by atoms with Gasteiger partial charge in [0.15, 0.2) is 0 Å². The first-order valence-corrected chi connectivity index (χ1v) is 12.7. The highest BCUT2D eigenvalue weighted by atomic mass is 32.2. The van der Waals surface area contributed by atoms with Crippen LogP contribution in [0.5, 0.6) is 0 Å². The summed E-state index contributed by atoms with van der Waals surface area (Å²) < 4.78 is 28.1. The lowest BCUT2D eigenvalue weighted by atomic mass is 10.1.